The molecule has 0 aliphatic heterocycles. The third-order valence-electron chi connectivity index (χ3n) is 0. The first-order valence-corrected chi connectivity index (χ1v) is 0. The molecule has 0 aromatic heterocycles. The summed E-state index contributed by atoms with van der Waals surface area (Å²) in [6.07, 6.45) is 0. The topological polar surface area (TPSA) is 0 Å². The fourth-order valence-electron chi connectivity index (χ4n) is 0. The largest absolute Gasteiger partial charge is 0 e. The summed E-state index contributed by atoms with van der Waals surface area (Å²) in [6.45, 7) is 0. The SMILES string of the molecule is [Ag].[Ni].[Sn].[Zn]. The molecule has 0 heterocycles. The Hall–Kier alpha value is 2.66. The molecule has 0 saturated carbocycles. The Balaban J connectivity index is 0. The van der Waals surface area contributed by atoms with Crippen molar-refractivity contribution < 1.29 is 58.3 Å². The summed E-state index contributed by atoms with van der Waals surface area (Å²) >= 11 is 0. The zero-order valence-electron chi connectivity index (χ0n) is 1.82. The normalized spacial score (nSPS) is 0. The second-order valence-corrected chi connectivity index (χ2v) is 0. The van der Waals surface area contributed by atoms with Crippen LogP contribution >= 0.6 is 0 Å². The quantitative estimate of drug-likeness (QED) is 0.522. The zero-order chi connectivity index (χ0) is 0. The van der Waals surface area contributed by atoms with Crippen molar-refractivity contribution in [3.63, 3.8) is 0 Å². The van der Waals surface area contributed by atoms with Gasteiger partial charge in [-0.1, -0.05) is 0 Å². The van der Waals surface area contributed by atoms with E-state index in [0.717, 1.165) is 0 Å². The Morgan fingerprint density at radius 1 is 1.00 bits per heavy atom. The minimum atomic E-state index is 0. The molecule has 0 rings (SSSR count). The summed E-state index contributed by atoms with van der Waals surface area (Å²) in [7, 11) is 0. The van der Waals surface area contributed by atoms with Crippen LogP contribution < -0.4 is 0 Å². The summed E-state index contributed by atoms with van der Waals surface area (Å²) in [6, 6.07) is 0. The Labute approximate surface area is 81.0 Å². The summed E-state index contributed by atoms with van der Waals surface area (Å²) in [5.74, 6) is 0. The van der Waals surface area contributed by atoms with E-state index in [4.69, 9.17) is 0 Å². The smallest absolute Gasteiger partial charge is 0 e. The van der Waals surface area contributed by atoms with Crippen molar-refractivity contribution in [2.45, 2.75) is 0 Å². The predicted molar refractivity (Wildman–Crippen MR) is 5.75 cm³/mol. The van der Waals surface area contributed by atoms with Crippen LogP contribution in [0.2, 0.25) is 0 Å². The standard InChI is InChI=1S/Ag.Ni.Sn.Zn. The second-order valence-electron chi connectivity index (χ2n) is 0. The predicted octanol–water partition coefficient (Wildman–Crippen LogP) is -0.388. The van der Waals surface area contributed by atoms with Gasteiger partial charge in [0.25, 0.3) is 0 Å². The maximum absolute atomic E-state index is 0. The zero-order valence-corrected chi connectivity index (χ0v) is 10.1. The molecule has 4 heavy (non-hydrogen) atoms. The van der Waals surface area contributed by atoms with Crippen LogP contribution in [0.5, 0.6) is 0 Å². The van der Waals surface area contributed by atoms with E-state index in [2.05, 4.69) is 0 Å². The number of hydrogen-bond acceptors (Lipinski definition) is 0. The van der Waals surface area contributed by atoms with Crippen LogP contribution in [0.25, 0.3) is 0 Å². The van der Waals surface area contributed by atoms with Gasteiger partial charge >= 0.3 is 0 Å². The summed E-state index contributed by atoms with van der Waals surface area (Å²) in [5.41, 5.74) is 0. The van der Waals surface area contributed by atoms with E-state index in [0.29, 0.717) is 0 Å². The van der Waals surface area contributed by atoms with E-state index >= 15 is 0 Å². The minimum Gasteiger partial charge on any atom is 0 e. The molecule has 5 radical (unpaired) electrons. The van der Waals surface area contributed by atoms with E-state index < -0.39 is 0 Å². The van der Waals surface area contributed by atoms with Crippen molar-refractivity contribution in [2.24, 2.45) is 0 Å². The molecule has 27 valence electrons. The average Bonchev–Trinajstić information content (AvgIpc) is 0. The van der Waals surface area contributed by atoms with Gasteiger partial charge in [0.05, 0.1) is 0 Å². The van der Waals surface area contributed by atoms with Crippen LogP contribution in [0.1, 0.15) is 0 Å². The van der Waals surface area contributed by atoms with E-state index in [9.17, 15) is 0 Å². The van der Waals surface area contributed by atoms with Gasteiger partial charge in [0.2, 0.25) is 0 Å². The molecule has 0 amide bonds. The average molecular weight is 351 g/mol. The van der Waals surface area contributed by atoms with Crippen molar-refractivity contribution in [1.29, 1.82) is 0 Å². The minimum absolute atomic E-state index is 0. The van der Waals surface area contributed by atoms with Gasteiger partial charge in [-0.05, 0) is 0 Å². The van der Waals surface area contributed by atoms with Crippen LogP contribution in [0, 0.1) is 0 Å². The van der Waals surface area contributed by atoms with Gasteiger partial charge in [-0.3, -0.25) is 0 Å². The molecule has 0 aromatic rings. The molecule has 0 fully saturated rings. The van der Waals surface area contributed by atoms with Crippen molar-refractivity contribution in [2.75, 3.05) is 0 Å². The monoisotopic (exact) mass is 349 g/mol. The molecule has 4 heteroatoms. The van der Waals surface area contributed by atoms with Gasteiger partial charge in [-0.15, -0.1) is 0 Å². The molecular weight excluding hydrogens is 351 g/mol. The molecular formula is AgNiSnZn. The van der Waals surface area contributed by atoms with Crippen molar-refractivity contribution in [3.05, 3.63) is 0 Å². The van der Waals surface area contributed by atoms with Crippen LogP contribution in [-0.2, 0) is 58.3 Å². The van der Waals surface area contributed by atoms with E-state index in [1.807, 2.05) is 0 Å². The molecule has 0 atom stereocenters. The Kier molecular flexibility index (Phi) is 131. The first-order chi connectivity index (χ1) is 0. The molecule has 0 N–H and O–H groups in total. The fourth-order valence-corrected chi connectivity index (χ4v) is 0. The Bertz CT molecular complexity index is 8.00. The third-order valence-corrected chi connectivity index (χ3v) is 0. The Morgan fingerprint density at radius 2 is 1.00 bits per heavy atom. The summed E-state index contributed by atoms with van der Waals surface area (Å²) < 4.78 is 0. The van der Waals surface area contributed by atoms with Gasteiger partial charge in [-0.25, -0.2) is 0 Å². The van der Waals surface area contributed by atoms with Crippen LogP contribution in [0.4, 0.5) is 0 Å². The molecule has 0 saturated heterocycles. The maximum Gasteiger partial charge on any atom is 0 e. The summed E-state index contributed by atoms with van der Waals surface area (Å²) in [5, 5.41) is 0. The number of hydrogen-bond donors (Lipinski definition) is 0. The molecule has 0 spiro atoms. The number of rotatable bonds is 0. The third kappa shape index (κ3) is 8.82. The van der Waals surface area contributed by atoms with Gasteiger partial charge in [0.15, 0.2) is 0 Å². The van der Waals surface area contributed by atoms with E-state index in [1.165, 1.54) is 0 Å². The van der Waals surface area contributed by atoms with Gasteiger partial charge < -0.3 is 0 Å². The fraction of sp³-hybridized carbons (Fsp3) is 0. The van der Waals surface area contributed by atoms with Gasteiger partial charge in [-0.2, -0.15) is 0 Å². The van der Waals surface area contributed by atoms with Crippen molar-refractivity contribution in [3.8, 4) is 0 Å². The van der Waals surface area contributed by atoms with Crippen molar-refractivity contribution in [1.82, 2.24) is 0 Å². The van der Waals surface area contributed by atoms with Gasteiger partial charge in [0, 0.05) is 82.3 Å². The Morgan fingerprint density at radius 3 is 1.00 bits per heavy atom. The molecule has 0 bridgehead atoms. The van der Waals surface area contributed by atoms with Crippen LogP contribution in [0.15, 0.2) is 0 Å². The van der Waals surface area contributed by atoms with Crippen LogP contribution in [-0.4, -0.2) is 23.9 Å². The summed E-state index contributed by atoms with van der Waals surface area (Å²) in [4.78, 5) is 0. The maximum atomic E-state index is 0. The molecule has 0 aliphatic carbocycles. The van der Waals surface area contributed by atoms with E-state index in [-0.39, 0.29) is 82.3 Å². The molecule has 0 aromatic carbocycles. The van der Waals surface area contributed by atoms with Gasteiger partial charge in [0.1, 0.15) is 0 Å². The molecule has 0 aliphatic rings. The molecule has 0 unspecified atom stereocenters. The first-order valence-electron chi connectivity index (χ1n) is 0. The van der Waals surface area contributed by atoms with Crippen LogP contribution in [0.3, 0.4) is 0 Å². The van der Waals surface area contributed by atoms with E-state index in [1.54, 1.807) is 0 Å². The first kappa shape index (κ1) is 30.2. The second kappa shape index (κ2) is 17.4. The molecule has 0 nitrogen and oxygen atoms in total. The van der Waals surface area contributed by atoms with Crippen molar-refractivity contribution >= 4 is 23.9 Å².